The fourth-order valence-corrected chi connectivity index (χ4v) is 2.21. The summed E-state index contributed by atoms with van der Waals surface area (Å²) >= 11 is 5.32. The molecule has 17 heavy (non-hydrogen) atoms. The molecule has 5 heteroatoms. The van der Waals surface area contributed by atoms with Gasteiger partial charge < -0.3 is 4.74 Å². The number of hydrogen-bond acceptors (Lipinski definition) is 3. The van der Waals surface area contributed by atoms with Gasteiger partial charge >= 0.3 is 5.97 Å². The van der Waals surface area contributed by atoms with Gasteiger partial charge in [0, 0.05) is 20.9 Å². The van der Waals surface area contributed by atoms with E-state index in [1.165, 1.54) is 0 Å². The average molecular weight is 411 g/mol. The fraction of sp³-hybridized carbons (Fsp3) is 0.333. The first-order valence-corrected chi connectivity index (χ1v) is 7.36. The number of hydrogen-bond donors (Lipinski definition) is 0. The van der Waals surface area contributed by atoms with Crippen LogP contribution in [0.15, 0.2) is 18.2 Å². The van der Waals surface area contributed by atoms with Crippen molar-refractivity contribution < 1.29 is 14.3 Å². The third kappa shape index (κ3) is 4.06. The van der Waals surface area contributed by atoms with E-state index in [1.807, 2.05) is 6.07 Å². The molecule has 0 heterocycles. The number of rotatable bonds is 5. The number of Topliss-reactive ketones (excluding diaryl/α,β-unsaturated/α-hetero) is 1. The highest BCUT2D eigenvalue weighted by Crippen LogP contribution is 2.17. The van der Waals surface area contributed by atoms with E-state index < -0.39 is 5.97 Å². The summed E-state index contributed by atoms with van der Waals surface area (Å²) in [6, 6.07) is 5.17. The maximum Gasteiger partial charge on any atom is 0.338 e. The molecular weight excluding hydrogens is 399 g/mol. The third-order valence-electron chi connectivity index (χ3n) is 2.10. The van der Waals surface area contributed by atoms with E-state index in [1.54, 1.807) is 19.1 Å². The van der Waals surface area contributed by atoms with Gasteiger partial charge in [-0.1, -0.05) is 15.9 Å². The summed E-state index contributed by atoms with van der Waals surface area (Å²) in [5.41, 5.74) is 0.785. The Labute approximate surface area is 122 Å². The number of ether oxygens (including phenoxy) is 1. The number of benzene rings is 1. The Kier molecular flexibility index (Phi) is 6.11. The predicted octanol–water partition coefficient (Wildman–Crippen LogP) is 3.44. The maximum atomic E-state index is 11.8. The largest absolute Gasteiger partial charge is 0.462 e. The molecule has 0 saturated heterocycles. The summed E-state index contributed by atoms with van der Waals surface area (Å²) in [7, 11) is 0. The highest BCUT2D eigenvalue weighted by molar-refractivity contribution is 14.1. The minimum Gasteiger partial charge on any atom is -0.462 e. The van der Waals surface area contributed by atoms with Crippen molar-refractivity contribution in [2.75, 3.05) is 11.9 Å². The molecule has 0 radical (unpaired) electrons. The zero-order chi connectivity index (χ0) is 12.8. The van der Waals surface area contributed by atoms with E-state index in [0.717, 1.165) is 3.57 Å². The van der Waals surface area contributed by atoms with E-state index in [4.69, 9.17) is 4.74 Å². The van der Waals surface area contributed by atoms with Crippen molar-refractivity contribution in [2.45, 2.75) is 13.3 Å². The van der Waals surface area contributed by atoms with Crippen molar-refractivity contribution >= 4 is 50.3 Å². The van der Waals surface area contributed by atoms with Gasteiger partial charge in [-0.15, -0.1) is 0 Å². The van der Waals surface area contributed by atoms with E-state index in [-0.39, 0.29) is 5.78 Å². The zero-order valence-corrected chi connectivity index (χ0v) is 13.1. The average Bonchev–Trinajstić information content (AvgIpc) is 2.29. The Morgan fingerprint density at radius 1 is 1.35 bits per heavy atom. The van der Waals surface area contributed by atoms with Crippen molar-refractivity contribution in [2.24, 2.45) is 0 Å². The fourth-order valence-electron chi connectivity index (χ4n) is 1.36. The Morgan fingerprint density at radius 2 is 2.06 bits per heavy atom. The third-order valence-corrected chi connectivity index (χ3v) is 3.17. The van der Waals surface area contributed by atoms with Crippen LogP contribution in [-0.4, -0.2) is 23.7 Å². The second-order valence-electron chi connectivity index (χ2n) is 3.27. The van der Waals surface area contributed by atoms with E-state index >= 15 is 0 Å². The molecule has 0 spiro atoms. The molecule has 0 aliphatic carbocycles. The van der Waals surface area contributed by atoms with E-state index in [9.17, 15) is 9.59 Å². The lowest BCUT2D eigenvalue weighted by atomic mass is 10.0. The summed E-state index contributed by atoms with van der Waals surface area (Å²) in [5, 5.41) is 0.583. The van der Waals surface area contributed by atoms with Gasteiger partial charge in [0.1, 0.15) is 0 Å². The number of alkyl halides is 1. The van der Waals surface area contributed by atoms with Gasteiger partial charge in [-0.05, 0) is 47.7 Å². The van der Waals surface area contributed by atoms with Gasteiger partial charge in [0.2, 0.25) is 0 Å². The SMILES string of the molecule is CCOC(=O)c1cc(I)ccc1C(=O)CCBr. The van der Waals surface area contributed by atoms with Crippen LogP contribution in [0, 0.1) is 3.57 Å². The normalized spacial score (nSPS) is 10.1. The highest BCUT2D eigenvalue weighted by Gasteiger charge is 2.17. The molecule has 0 atom stereocenters. The number of halogens is 2. The Balaban J connectivity index is 3.11. The molecule has 0 N–H and O–H groups in total. The second-order valence-corrected chi connectivity index (χ2v) is 5.31. The van der Waals surface area contributed by atoms with Crippen molar-refractivity contribution in [1.82, 2.24) is 0 Å². The molecule has 0 bridgehead atoms. The standard InChI is InChI=1S/C12H12BrIO3/c1-2-17-12(16)10-7-8(14)3-4-9(10)11(15)5-6-13/h3-4,7H,2,5-6H2,1H3. The molecular formula is C12H12BrIO3. The molecule has 0 fully saturated rings. The van der Waals surface area contributed by atoms with Gasteiger partial charge in [0.15, 0.2) is 5.78 Å². The van der Waals surface area contributed by atoms with Crippen LogP contribution in [0.5, 0.6) is 0 Å². The Morgan fingerprint density at radius 3 is 2.65 bits per heavy atom. The molecule has 92 valence electrons. The zero-order valence-electron chi connectivity index (χ0n) is 9.33. The van der Waals surface area contributed by atoms with Gasteiger partial charge in [0.25, 0.3) is 0 Å². The Hall–Kier alpha value is -0.430. The monoisotopic (exact) mass is 410 g/mol. The first-order valence-electron chi connectivity index (χ1n) is 5.16. The summed E-state index contributed by atoms with van der Waals surface area (Å²) in [6.45, 7) is 2.04. The molecule has 0 unspecified atom stereocenters. The molecule has 1 rings (SSSR count). The molecule has 1 aromatic carbocycles. The summed E-state index contributed by atoms with van der Waals surface area (Å²) in [5.74, 6) is -0.495. The smallest absolute Gasteiger partial charge is 0.338 e. The molecule has 0 aliphatic heterocycles. The highest BCUT2D eigenvalue weighted by atomic mass is 127. The van der Waals surface area contributed by atoms with Crippen molar-refractivity contribution in [3.8, 4) is 0 Å². The van der Waals surface area contributed by atoms with Crippen molar-refractivity contribution in [1.29, 1.82) is 0 Å². The lowest BCUT2D eigenvalue weighted by Gasteiger charge is -2.08. The van der Waals surface area contributed by atoms with Crippen molar-refractivity contribution in [3.63, 3.8) is 0 Å². The van der Waals surface area contributed by atoms with Crippen LogP contribution in [-0.2, 0) is 4.74 Å². The van der Waals surface area contributed by atoms with Crippen LogP contribution in [0.4, 0.5) is 0 Å². The van der Waals surface area contributed by atoms with Gasteiger partial charge in [-0.2, -0.15) is 0 Å². The number of carbonyl (C=O) groups is 2. The number of esters is 1. The number of ketones is 1. The van der Waals surface area contributed by atoms with Gasteiger partial charge in [-0.25, -0.2) is 4.79 Å². The van der Waals surface area contributed by atoms with Crippen LogP contribution in [0.3, 0.4) is 0 Å². The van der Waals surface area contributed by atoms with Gasteiger partial charge in [0.05, 0.1) is 12.2 Å². The minimum atomic E-state index is -0.441. The van der Waals surface area contributed by atoms with Crippen LogP contribution < -0.4 is 0 Å². The van der Waals surface area contributed by atoms with Crippen LogP contribution in [0.1, 0.15) is 34.1 Å². The quantitative estimate of drug-likeness (QED) is 0.323. The Bertz CT molecular complexity index is 432. The minimum absolute atomic E-state index is 0.0543. The molecule has 0 saturated carbocycles. The van der Waals surface area contributed by atoms with Crippen LogP contribution in [0.25, 0.3) is 0 Å². The molecule has 1 aromatic rings. The van der Waals surface area contributed by atoms with Crippen LogP contribution in [0.2, 0.25) is 0 Å². The lowest BCUT2D eigenvalue weighted by Crippen LogP contribution is -2.12. The van der Waals surface area contributed by atoms with E-state index in [0.29, 0.717) is 29.5 Å². The van der Waals surface area contributed by atoms with E-state index in [2.05, 4.69) is 38.5 Å². The van der Waals surface area contributed by atoms with Crippen molar-refractivity contribution in [3.05, 3.63) is 32.9 Å². The lowest BCUT2D eigenvalue weighted by molar-refractivity contribution is 0.0523. The second kappa shape index (κ2) is 7.10. The molecule has 0 aliphatic rings. The van der Waals surface area contributed by atoms with Gasteiger partial charge in [-0.3, -0.25) is 4.79 Å². The first-order chi connectivity index (χ1) is 8.10. The first kappa shape index (κ1) is 14.6. The molecule has 3 nitrogen and oxygen atoms in total. The summed E-state index contributed by atoms with van der Waals surface area (Å²) in [6.07, 6.45) is 0.368. The summed E-state index contributed by atoms with van der Waals surface area (Å²) in [4.78, 5) is 23.6. The maximum absolute atomic E-state index is 11.8. The topological polar surface area (TPSA) is 43.4 Å². The molecule has 0 amide bonds. The molecule has 0 aromatic heterocycles. The predicted molar refractivity (Wildman–Crippen MR) is 77.9 cm³/mol. The number of carbonyl (C=O) groups excluding carboxylic acids is 2. The van der Waals surface area contributed by atoms with Crippen LogP contribution >= 0.6 is 38.5 Å². The summed E-state index contributed by atoms with van der Waals surface area (Å²) < 4.78 is 5.85.